The molecular formula is C61H48Au2P2Si+2. The maximum absolute atomic E-state index is 7.25. The van der Waals surface area contributed by atoms with Crippen LogP contribution in [0.2, 0.25) is 13.1 Å². The molecule has 0 fully saturated rings. The fourth-order valence-electron chi connectivity index (χ4n) is 9.31. The van der Waals surface area contributed by atoms with Crippen molar-refractivity contribution in [3.05, 3.63) is 266 Å². The quantitative estimate of drug-likeness (QED) is 0.0674. The first-order chi connectivity index (χ1) is 31.4. The van der Waals surface area contributed by atoms with Crippen molar-refractivity contribution in [2.45, 2.75) is 19.5 Å². The second-order valence-electron chi connectivity index (χ2n) is 16.6. The molecule has 2 aliphatic rings. The summed E-state index contributed by atoms with van der Waals surface area (Å²) in [6.45, 7) is 4.79. The van der Waals surface area contributed by atoms with Crippen molar-refractivity contribution in [2.24, 2.45) is 0 Å². The fourth-order valence-corrected chi connectivity index (χ4v) is 18.4. The third-order valence-electron chi connectivity index (χ3n) is 12.4. The van der Waals surface area contributed by atoms with Crippen LogP contribution in [0.4, 0.5) is 0 Å². The molecule has 9 aromatic carbocycles. The van der Waals surface area contributed by atoms with Crippen molar-refractivity contribution < 1.29 is 44.8 Å². The Morgan fingerprint density at radius 3 is 1.24 bits per heavy atom. The van der Waals surface area contributed by atoms with Crippen LogP contribution in [0, 0.1) is 24.7 Å². The Morgan fingerprint density at radius 1 is 0.364 bits per heavy atom. The molecule has 11 rings (SSSR count). The molecule has 0 bridgehead atoms. The molecule has 0 saturated carbocycles. The molecule has 0 spiro atoms. The van der Waals surface area contributed by atoms with E-state index in [1.54, 1.807) is 0 Å². The predicted octanol–water partition coefficient (Wildman–Crippen LogP) is 10.3. The molecule has 1 heterocycles. The predicted molar refractivity (Wildman–Crippen MR) is 282 cm³/mol. The maximum Gasteiger partial charge on any atom is 1.00 e. The van der Waals surface area contributed by atoms with E-state index in [1.807, 2.05) is 12.1 Å². The summed E-state index contributed by atoms with van der Waals surface area (Å²) in [5.41, 5.74) is 9.74. The van der Waals surface area contributed by atoms with Crippen LogP contribution in [0.5, 0.6) is 0 Å². The summed E-state index contributed by atoms with van der Waals surface area (Å²) in [5, 5.41) is 11.7. The molecule has 0 unspecified atom stereocenters. The van der Waals surface area contributed by atoms with Crippen LogP contribution < -0.4 is 42.2 Å². The summed E-state index contributed by atoms with van der Waals surface area (Å²) in [7, 11) is -3.79. The van der Waals surface area contributed by atoms with Crippen LogP contribution >= 0.6 is 15.8 Å². The Bertz CT molecular complexity index is 2960. The van der Waals surface area contributed by atoms with Gasteiger partial charge in [0.05, 0.1) is 0 Å². The summed E-state index contributed by atoms with van der Waals surface area (Å²) >= 11 is 0. The van der Waals surface area contributed by atoms with Gasteiger partial charge in [0.15, 0.2) is 0 Å². The van der Waals surface area contributed by atoms with Crippen molar-refractivity contribution >= 4 is 66.1 Å². The molecule has 326 valence electrons. The summed E-state index contributed by atoms with van der Waals surface area (Å²) in [6.07, 6.45) is 15.4. The molecule has 0 saturated heterocycles. The van der Waals surface area contributed by atoms with Gasteiger partial charge in [-0.15, -0.1) is 35.4 Å². The zero-order chi connectivity index (χ0) is 43.9. The molecule has 0 amide bonds. The van der Waals surface area contributed by atoms with Crippen LogP contribution in [-0.4, -0.2) is 8.07 Å². The first-order valence-corrected chi connectivity index (χ1v) is 27.8. The molecule has 5 heteroatoms. The Balaban J connectivity index is 0.000000160. The first-order valence-electron chi connectivity index (χ1n) is 21.8. The third kappa shape index (κ3) is 10.3. The van der Waals surface area contributed by atoms with Crippen LogP contribution in [0.15, 0.2) is 231 Å². The van der Waals surface area contributed by atoms with Crippen LogP contribution in [0.1, 0.15) is 22.3 Å². The normalized spacial score (nSPS) is 11.8. The van der Waals surface area contributed by atoms with Gasteiger partial charge in [-0.05, 0) is 105 Å². The van der Waals surface area contributed by atoms with E-state index in [4.69, 9.17) is 12.8 Å². The van der Waals surface area contributed by atoms with Crippen molar-refractivity contribution in [3.8, 4) is 34.1 Å². The molecule has 9 aromatic rings. The molecule has 0 N–H and O–H groups in total. The van der Waals surface area contributed by atoms with E-state index < -0.39 is 23.9 Å². The van der Waals surface area contributed by atoms with Crippen LogP contribution in [0.25, 0.3) is 22.3 Å². The minimum Gasteiger partial charge on any atom is -0.366 e. The molecule has 0 aromatic heterocycles. The van der Waals surface area contributed by atoms with Crippen LogP contribution in [0.3, 0.4) is 0 Å². The maximum atomic E-state index is 7.25. The van der Waals surface area contributed by atoms with Gasteiger partial charge in [0, 0.05) is 0 Å². The Kier molecular flexibility index (Phi) is 16.5. The van der Waals surface area contributed by atoms with Gasteiger partial charge in [-0.3, -0.25) is 11.8 Å². The first kappa shape index (κ1) is 48.6. The van der Waals surface area contributed by atoms with Gasteiger partial charge in [-0.2, -0.15) is 0 Å². The van der Waals surface area contributed by atoms with Gasteiger partial charge >= 0.3 is 44.8 Å². The average molecular weight is 1270 g/mol. The standard InChI is InChI=1S/C30H24P2.C16H13Si.C15H9.2Au/c1-5-15-25(16-6-1)31(26-17-7-2-8-18-26)29-23-13-14-24-30(29)32(27-19-9-3-10-20-27)28-21-11-4-12-22-28;1-4-12-9-10-16-14(11-12)13-7-5-6-8-15(13)17(16,2)3;1-2-11-7-8-15-13(9-11)10-12-5-3-4-6-14(12)15;;/h1-24H;5-11H,2-3H3;3-9H,10H2;;/q;2*-1;2*+1/p+2. The Morgan fingerprint density at radius 2 is 0.742 bits per heavy atom. The molecular weight excluding hydrogens is 1220 g/mol. The molecule has 0 nitrogen and oxygen atoms in total. The number of hydrogen-bond donors (Lipinski definition) is 0. The molecule has 1 aliphatic heterocycles. The van der Waals surface area contributed by atoms with Gasteiger partial charge in [0.2, 0.25) is 0 Å². The van der Waals surface area contributed by atoms with E-state index in [0.717, 1.165) is 17.5 Å². The summed E-state index contributed by atoms with van der Waals surface area (Å²) in [6, 6.07) is 83.0. The Hall–Kier alpha value is -5.34. The van der Waals surface area contributed by atoms with Gasteiger partial charge < -0.3 is 12.8 Å². The number of hydrogen-bond acceptors (Lipinski definition) is 0. The smallest absolute Gasteiger partial charge is 0.366 e. The van der Waals surface area contributed by atoms with Gasteiger partial charge in [-0.1, -0.05) is 164 Å². The van der Waals surface area contributed by atoms with Gasteiger partial charge in [0.25, 0.3) is 0 Å². The summed E-state index contributed by atoms with van der Waals surface area (Å²) in [5.74, 6) is 4.91. The van der Waals surface area contributed by atoms with Gasteiger partial charge in [0.1, 0.15) is 55.7 Å². The minimum absolute atomic E-state index is 0. The van der Waals surface area contributed by atoms with Crippen molar-refractivity contribution in [3.63, 3.8) is 0 Å². The van der Waals surface area contributed by atoms with E-state index in [2.05, 4.69) is 243 Å². The third-order valence-corrected chi connectivity index (χ3v) is 21.8. The largest absolute Gasteiger partial charge is 1.00 e. The molecule has 1 aliphatic carbocycles. The summed E-state index contributed by atoms with van der Waals surface area (Å²) in [4.78, 5) is 0. The number of fused-ring (bicyclic) bond motifs is 6. The van der Waals surface area contributed by atoms with E-state index in [-0.39, 0.29) is 44.8 Å². The van der Waals surface area contributed by atoms with E-state index in [9.17, 15) is 0 Å². The SMILES string of the molecule is [Au+].[Au+].[C-]#Cc1ccc2c(c1)-c1ccccc1[Si]2(C)C.[C-]#Cc1ccc2c(c1)Cc1ccccc1-2.c1ccc([PH+](c2ccccc2)c2ccccc2[PH+](c2ccccc2)c2ccccc2)cc1. The number of rotatable bonds is 6. The van der Waals surface area contributed by atoms with E-state index >= 15 is 0 Å². The fraction of sp³-hybridized carbons (Fsp3) is 0.0492. The average Bonchev–Trinajstić information content (AvgIpc) is 3.84. The molecule has 0 atom stereocenters. The minimum atomic E-state index is -1.51. The monoisotopic (exact) mass is 1260 g/mol. The summed E-state index contributed by atoms with van der Waals surface area (Å²) < 4.78 is 0. The topological polar surface area (TPSA) is 0 Å². The second kappa shape index (κ2) is 22.4. The van der Waals surface area contributed by atoms with Crippen molar-refractivity contribution in [1.82, 2.24) is 0 Å². The van der Waals surface area contributed by atoms with E-state index in [0.29, 0.717) is 0 Å². The number of benzene rings is 9. The zero-order valence-corrected chi connectivity index (χ0v) is 44.1. The van der Waals surface area contributed by atoms with Crippen molar-refractivity contribution in [1.29, 1.82) is 0 Å². The Labute approximate surface area is 426 Å². The van der Waals surface area contributed by atoms with Gasteiger partial charge in [-0.25, -0.2) is 0 Å². The second-order valence-corrected chi connectivity index (χ2v) is 25.9. The van der Waals surface area contributed by atoms with E-state index in [1.165, 1.54) is 75.6 Å². The molecule has 0 radical (unpaired) electrons. The van der Waals surface area contributed by atoms with Crippen LogP contribution in [-0.2, 0) is 51.2 Å². The zero-order valence-electron chi connectivity index (χ0n) is 36.7. The van der Waals surface area contributed by atoms with Crippen molar-refractivity contribution in [2.75, 3.05) is 0 Å². The molecule has 66 heavy (non-hydrogen) atoms.